The fourth-order valence-electron chi connectivity index (χ4n) is 7.77. The number of allylic oxidation sites excluding steroid dienone is 16. The van der Waals surface area contributed by atoms with Crippen molar-refractivity contribution in [3.63, 3.8) is 0 Å². The Hall–Kier alpha value is -3.67. The van der Waals surface area contributed by atoms with Gasteiger partial charge in [0.25, 0.3) is 0 Å². The summed E-state index contributed by atoms with van der Waals surface area (Å²) in [6, 6.07) is 0. The van der Waals surface area contributed by atoms with Gasteiger partial charge in [-0.1, -0.05) is 240 Å². The second-order valence-corrected chi connectivity index (χ2v) is 18.8. The number of carbonyl (C=O) groups is 3. The van der Waals surface area contributed by atoms with Gasteiger partial charge in [0, 0.05) is 19.3 Å². The highest BCUT2D eigenvalue weighted by atomic mass is 16.6. The van der Waals surface area contributed by atoms with Crippen molar-refractivity contribution in [1.29, 1.82) is 0 Å². The van der Waals surface area contributed by atoms with Gasteiger partial charge in [-0.2, -0.15) is 0 Å². The largest absolute Gasteiger partial charge is 0.462 e. The van der Waals surface area contributed by atoms with Crippen molar-refractivity contribution in [2.45, 2.75) is 271 Å². The van der Waals surface area contributed by atoms with Gasteiger partial charge in [-0.15, -0.1) is 0 Å². The van der Waals surface area contributed by atoms with Gasteiger partial charge in [0.15, 0.2) is 6.10 Å². The third-order valence-electron chi connectivity index (χ3n) is 12.1. The molecule has 0 aliphatic rings. The molecular weight excluding hydrogens is 853 g/mol. The SMILES string of the molecule is CC/C=C\C/C=C\C/C=C\C/C=C\C/C=C\CCCCCCCC(=O)OC(COC(=O)CCCCCCC)COC(=O)CCCCCCCCCCCC/C=C\C/C=C\C/C=C\CCCCCCC. The summed E-state index contributed by atoms with van der Waals surface area (Å²) in [4.78, 5) is 37.8. The van der Waals surface area contributed by atoms with Gasteiger partial charge in [0.05, 0.1) is 0 Å². The van der Waals surface area contributed by atoms with E-state index in [0.29, 0.717) is 19.3 Å². The van der Waals surface area contributed by atoms with Gasteiger partial charge in [0.1, 0.15) is 13.2 Å². The fraction of sp³-hybridized carbons (Fsp3) is 0.698. The molecule has 1 unspecified atom stereocenters. The van der Waals surface area contributed by atoms with Crippen molar-refractivity contribution >= 4 is 17.9 Å². The average Bonchev–Trinajstić information content (AvgIpc) is 3.35. The first-order chi connectivity index (χ1) is 34.0. The zero-order valence-corrected chi connectivity index (χ0v) is 45.0. The Bertz CT molecular complexity index is 1380. The molecule has 394 valence electrons. The highest BCUT2D eigenvalue weighted by molar-refractivity contribution is 5.71. The van der Waals surface area contributed by atoms with Crippen LogP contribution < -0.4 is 0 Å². The number of esters is 3. The first-order valence-electron chi connectivity index (χ1n) is 28.7. The van der Waals surface area contributed by atoms with Crippen LogP contribution in [-0.4, -0.2) is 37.2 Å². The lowest BCUT2D eigenvalue weighted by molar-refractivity contribution is -0.167. The summed E-state index contributed by atoms with van der Waals surface area (Å²) in [5, 5.41) is 0. The van der Waals surface area contributed by atoms with Crippen molar-refractivity contribution in [2.24, 2.45) is 0 Å². The molecule has 0 spiro atoms. The van der Waals surface area contributed by atoms with Crippen LogP contribution in [0.3, 0.4) is 0 Å². The van der Waals surface area contributed by atoms with Crippen molar-refractivity contribution in [1.82, 2.24) is 0 Å². The molecule has 0 radical (unpaired) electrons. The first kappa shape index (κ1) is 65.3. The quantitative estimate of drug-likeness (QED) is 0.0262. The van der Waals surface area contributed by atoms with Gasteiger partial charge in [-0.3, -0.25) is 14.4 Å². The molecule has 0 N–H and O–H groups in total. The van der Waals surface area contributed by atoms with E-state index in [2.05, 4.69) is 118 Å². The van der Waals surface area contributed by atoms with E-state index < -0.39 is 6.10 Å². The molecule has 0 amide bonds. The number of ether oxygens (including phenoxy) is 3. The third kappa shape index (κ3) is 55.1. The minimum atomic E-state index is -0.787. The van der Waals surface area contributed by atoms with Crippen LogP contribution >= 0.6 is 0 Å². The molecule has 0 fully saturated rings. The molecular formula is C63H106O6. The Morgan fingerprint density at radius 1 is 0.304 bits per heavy atom. The summed E-state index contributed by atoms with van der Waals surface area (Å²) in [7, 11) is 0. The number of carbonyl (C=O) groups excluding carboxylic acids is 3. The molecule has 0 bridgehead atoms. The fourth-order valence-corrected chi connectivity index (χ4v) is 7.77. The number of hydrogen-bond acceptors (Lipinski definition) is 6. The molecule has 6 heteroatoms. The molecule has 6 nitrogen and oxygen atoms in total. The maximum atomic E-state index is 12.8. The second-order valence-electron chi connectivity index (χ2n) is 18.8. The van der Waals surface area contributed by atoms with Crippen LogP contribution in [0.1, 0.15) is 265 Å². The number of unbranched alkanes of at least 4 members (excludes halogenated alkanes) is 24. The molecule has 0 heterocycles. The standard InChI is InChI=1S/C63H106O6/c1-4-7-10-13-15-17-19-21-23-25-27-29-30-31-32-34-35-37-39-41-43-45-47-50-53-56-62(65)68-59-60(58-67-61(64)55-52-49-12-9-6-3)69-63(66)57-54-51-48-46-44-42-40-38-36-33-28-26-24-22-20-18-16-14-11-8-5-2/h8,11,16,18-19,21-22,24-25,27-28,30-31,33,38,40,60H,4-7,9-10,12-15,17,20,23,26,29,32,34-37,39,41-59H2,1-3H3/b11-8-,18-16-,21-19-,24-22-,27-25-,31-30-,33-28-,40-38-. The Morgan fingerprint density at radius 3 is 0.884 bits per heavy atom. The minimum absolute atomic E-state index is 0.0880. The van der Waals surface area contributed by atoms with Crippen LogP contribution in [0.15, 0.2) is 97.2 Å². The third-order valence-corrected chi connectivity index (χ3v) is 12.1. The lowest BCUT2D eigenvalue weighted by Gasteiger charge is -2.18. The number of rotatable bonds is 51. The second kappa shape index (κ2) is 56.9. The van der Waals surface area contributed by atoms with Crippen LogP contribution in [0.4, 0.5) is 0 Å². The highest BCUT2D eigenvalue weighted by Gasteiger charge is 2.19. The average molecular weight is 960 g/mol. The van der Waals surface area contributed by atoms with Crippen molar-refractivity contribution in [3.8, 4) is 0 Å². The van der Waals surface area contributed by atoms with Gasteiger partial charge in [-0.05, 0) is 103 Å². The molecule has 69 heavy (non-hydrogen) atoms. The zero-order valence-electron chi connectivity index (χ0n) is 45.0. The molecule has 0 aliphatic heterocycles. The first-order valence-corrected chi connectivity index (χ1v) is 28.7. The highest BCUT2D eigenvalue weighted by Crippen LogP contribution is 2.15. The van der Waals surface area contributed by atoms with Crippen LogP contribution in [0, 0.1) is 0 Å². The predicted octanol–water partition coefficient (Wildman–Crippen LogP) is 19.3. The van der Waals surface area contributed by atoms with Gasteiger partial charge in [0.2, 0.25) is 0 Å². The zero-order chi connectivity index (χ0) is 50.0. The van der Waals surface area contributed by atoms with Crippen molar-refractivity contribution < 1.29 is 28.6 Å². The maximum absolute atomic E-state index is 12.8. The topological polar surface area (TPSA) is 78.9 Å². The lowest BCUT2D eigenvalue weighted by Crippen LogP contribution is -2.30. The van der Waals surface area contributed by atoms with Gasteiger partial charge < -0.3 is 14.2 Å². The Morgan fingerprint density at radius 2 is 0.565 bits per heavy atom. The Labute approximate surface area is 426 Å². The van der Waals surface area contributed by atoms with E-state index in [4.69, 9.17) is 14.2 Å². The molecule has 0 aliphatic carbocycles. The monoisotopic (exact) mass is 959 g/mol. The van der Waals surface area contributed by atoms with E-state index in [1.807, 2.05) is 0 Å². The molecule has 1 atom stereocenters. The van der Waals surface area contributed by atoms with Crippen LogP contribution in [0.25, 0.3) is 0 Å². The van der Waals surface area contributed by atoms with Crippen LogP contribution in [0.2, 0.25) is 0 Å². The maximum Gasteiger partial charge on any atom is 0.306 e. The summed E-state index contributed by atoms with van der Waals surface area (Å²) < 4.78 is 16.7. The van der Waals surface area contributed by atoms with E-state index in [-0.39, 0.29) is 31.1 Å². The normalized spacial score (nSPS) is 12.8. The summed E-state index contributed by atoms with van der Waals surface area (Å²) in [5.74, 6) is -0.924. The van der Waals surface area contributed by atoms with Gasteiger partial charge >= 0.3 is 17.9 Å². The van der Waals surface area contributed by atoms with Crippen molar-refractivity contribution in [2.75, 3.05) is 13.2 Å². The smallest absolute Gasteiger partial charge is 0.306 e. The molecule has 0 saturated heterocycles. The van der Waals surface area contributed by atoms with Crippen molar-refractivity contribution in [3.05, 3.63) is 97.2 Å². The number of hydrogen-bond donors (Lipinski definition) is 0. The summed E-state index contributed by atoms with van der Waals surface area (Å²) in [6.45, 7) is 6.41. The van der Waals surface area contributed by atoms with Crippen LogP contribution in [-0.2, 0) is 28.6 Å². The molecule has 0 rings (SSSR count). The van der Waals surface area contributed by atoms with E-state index in [1.54, 1.807) is 0 Å². The van der Waals surface area contributed by atoms with Gasteiger partial charge in [-0.25, -0.2) is 0 Å². The Kier molecular flexibility index (Phi) is 53.9. The summed E-state index contributed by atoms with van der Waals surface area (Å²) in [6.07, 6.45) is 75.8. The van der Waals surface area contributed by atoms with E-state index in [9.17, 15) is 14.4 Å². The predicted molar refractivity (Wildman–Crippen MR) is 297 cm³/mol. The lowest BCUT2D eigenvalue weighted by atomic mass is 10.1. The Balaban J connectivity index is 4.15. The molecule has 0 saturated carbocycles. The van der Waals surface area contributed by atoms with E-state index in [0.717, 1.165) is 128 Å². The van der Waals surface area contributed by atoms with E-state index >= 15 is 0 Å². The summed E-state index contributed by atoms with van der Waals surface area (Å²) >= 11 is 0. The molecule has 0 aromatic rings. The minimum Gasteiger partial charge on any atom is -0.462 e. The molecule has 0 aromatic carbocycles. The summed E-state index contributed by atoms with van der Waals surface area (Å²) in [5.41, 5.74) is 0. The van der Waals surface area contributed by atoms with Crippen LogP contribution in [0.5, 0.6) is 0 Å². The molecule has 0 aromatic heterocycles. The van der Waals surface area contributed by atoms with E-state index in [1.165, 1.54) is 96.3 Å².